The van der Waals surface area contributed by atoms with E-state index in [1.165, 1.54) is 0 Å². The molecule has 0 bridgehead atoms. The molecule has 1 unspecified atom stereocenters. The molecule has 112 valence electrons. The van der Waals surface area contributed by atoms with Crippen molar-refractivity contribution < 1.29 is 14.3 Å². The number of nitrogens with zero attached hydrogens (tertiary/aromatic N) is 1. The summed E-state index contributed by atoms with van der Waals surface area (Å²) in [5.74, 6) is -1.27. The first-order valence-corrected chi connectivity index (χ1v) is 7.13. The molecule has 0 aliphatic heterocycles. The number of esters is 1. The molecular formula is C15H29NO3. The van der Waals surface area contributed by atoms with E-state index in [2.05, 4.69) is 0 Å². The molecule has 0 saturated carbocycles. The van der Waals surface area contributed by atoms with Gasteiger partial charge in [0.1, 0.15) is 5.92 Å². The molecule has 0 aromatic rings. The van der Waals surface area contributed by atoms with Crippen molar-refractivity contribution >= 4 is 11.9 Å². The number of carbonyl (C=O) groups excluding carboxylic acids is 2. The Labute approximate surface area is 117 Å². The monoisotopic (exact) mass is 271 g/mol. The van der Waals surface area contributed by atoms with Crippen molar-refractivity contribution in [1.29, 1.82) is 0 Å². The summed E-state index contributed by atoms with van der Waals surface area (Å²) in [5.41, 5.74) is -0.440. The highest BCUT2D eigenvalue weighted by atomic mass is 16.5. The lowest BCUT2D eigenvalue weighted by Gasteiger charge is -2.35. The highest BCUT2D eigenvalue weighted by molar-refractivity contribution is 5.98. The van der Waals surface area contributed by atoms with Gasteiger partial charge < -0.3 is 9.64 Å². The van der Waals surface area contributed by atoms with Gasteiger partial charge >= 0.3 is 5.97 Å². The van der Waals surface area contributed by atoms with Gasteiger partial charge in [-0.1, -0.05) is 27.7 Å². The second kappa shape index (κ2) is 7.51. The number of amides is 1. The van der Waals surface area contributed by atoms with Crippen LogP contribution in [0.25, 0.3) is 0 Å². The second-order valence-electron chi connectivity index (χ2n) is 6.18. The van der Waals surface area contributed by atoms with Gasteiger partial charge in [0, 0.05) is 12.6 Å². The lowest BCUT2D eigenvalue weighted by atomic mass is 9.79. The third-order valence-electron chi connectivity index (χ3n) is 3.01. The van der Waals surface area contributed by atoms with Crippen molar-refractivity contribution in [1.82, 2.24) is 4.90 Å². The van der Waals surface area contributed by atoms with E-state index in [0.717, 1.165) is 6.42 Å². The van der Waals surface area contributed by atoms with Crippen LogP contribution >= 0.6 is 0 Å². The van der Waals surface area contributed by atoms with Gasteiger partial charge in [-0.05, 0) is 32.6 Å². The Kier molecular flexibility index (Phi) is 7.09. The van der Waals surface area contributed by atoms with E-state index >= 15 is 0 Å². The molecule has 0 heterocycles. The van der Waals surface area contributed by atoms with Crippen LogP contribution in [0.15, 0.2) is 0 Å². The van der Waals surface area contributed by atoms with Crippen LogP contribution in [0.2, 0.25) is 0 Å². The summed E-state index contributed by atoms with van der Waals surface area (Å²) in [4.78, 5) is 26.5. The number of ether oxygens (including phenoxy) is 1. The predicted molar refractivity (Wildman–Crippen MR) is 76.7 cm³/mol. The molecule has 0 radical (unpaired) electrons. The quantitative estimate of drug-likeness (QED) is 0.551. The maximum absolute atomic E-state index is 12.7. The minimum Gasteiger partial charge on any atom is -0.465 e. The lowest BCUT2D eigenvalue weighted by molar-refractivity contribution is -0.161. The number of carbonyl (C=O) groups is 2. The Balaban J connectivity index is 5.25. The first-order chi connectivity index (χ1) is 8.66. The normalized spacial score (nSPS) is 13.3. The standard InChI is InChI=1S/C15H29NO3/c1-8-10-16(11(3)4)13(17)12(15(5,6)7)14(18)19-9-2/h11-12H,8-10H2,1-7H3. The first kappa shape index (κ1) is 17.9. The van der Waals surface area contributed by atoms with E-state index in [4.69, 9.17) is 4.74 Å². The smallest absolute Gasteiger partial charge is 0.319 e. The molecule has 0 N–H and O–H groups in total. The van der Waals surface area contributed by atoms with E-state index < -0.39 is 17.3 Å². The predicted octanol–water partition coefficient (Wildman–Crippen LogP) is 2.86. The van der Waals surface area contributed by atoms with Crippen LogP contribution in [0.1, 0.15) is 54.9 Å². The van der Waals surface area contributed by atoms with Crippen LogP contribution in [-0.2, 0) is 14.3 Å². The van der Waals surface area contributed by atoms with Crippen LogP contribution in [0, 0.1) is 11.3 Å². The Bertz CT molecular complexity index is 305. The van der Waals surface area contributed by atoms with Gasteiger partial charge in [0.2, 0.25) is 5.91 Å². The van der Waals surface area contributed by atoms with Crippen molar-refractivity contribution in [2.45, 2.75) is 60.9 Å². The summed E-state index contributed by atoms with van der Waals surface area (Å²) in [5, 5.41) is 0. The molecule has 0 aromatic carbocycles. The number of hydrogen-bond acceptors (Lipinski definition) is 3. The minimum absolute atomic E-state index is 0.0896. The van der Waals surface area contributed by atoms with Crippen LogP contribution < -0.4 is 0 Å². The van der Waals surface area contributed by atoms with Crippen molar-refractivity contribution in [3.63, 3.8) is 0 Å². The SMILES string of the molecule is CCCN(C(=O)C(C(=O)OCC)C(C)(C)C)C(C)C. The summed E-state index contributed by atoms with van der Waals surface area (Å²) < 4.78 is 5.07. The molecule has 4 nitrogen and oxygen atoms in total. The van der Waals surface area contributed by atoms with Gasteiger partial charge in [-0.15, -0.1) is 0 Å². The topological polar surface area (TPSA) is 46.6 Å². The summed E-state index contributed by atoms with van der Waals surface area (Å²) in [6.45, 7) is 14.4. The van der Waals surface area contributed by atoms with Crippen molar-refractivity contribution in [3.05, 3.63) is 0 Å². The average Bonchev–Trinajstić information content (AvgIpc) is 2.23. The van der Waals surface area contributed by atoms with Gasteiger partial charge in [-0.25, -0.2) is 0 Å². The fourth-order valence-corrected chi connectivity index (χ4v) is 2.08. The summed E-state index contributed by atoms with van der Waals surface area (Å²) in [6.07, 6.45) is 0.879. The van der Waals surface area contributed by atoms with Crippen molar-refractivity contribution in [2.75, 3.05) is 13.2 Å². The molecule has 0 aliphatic carbocycles. The third kappa shape index (κ3) is 5.21. The summed E-state index contributed by atoms with van der Waals surface area (Å²) >= 11 is 0. The molecule has 0 rings (SSSR count). The first-order valence-electron chi connectivity index (χ1n) is 7.13. The fraction of sp³-hybridized carbons (Fsp3) is 0.867. The zero-order valence-electron chi connectivity index (χ0n) is 13.4. The van der Waals surface area contributed by atoms with Gasteiger partial charge in [-0.2, -0.15) is 0 Å². The van der Waals surface area contributed by atoms with E-state index in [1.54, 1.807) is 11.8 Å². The van der Waals surface area contributed by atoms with E-state index in [9.17, 15) is 9.59 Å². The van der Waals surface area contributed by atoms with Crippen LogP contribution in [0.3, 0.4) is 0 Å². The molecule has 0 aliphatic rings. The largest absolute Gasteiger partial charge is 0.465 e. The molecule has 4 heteroatoms. The van der Waals surface area contributed by atoms with Crippen molar-refractivity contribution in [3.8, 4) is 0 Å². The maximum Gasteiger partial charge on any atom is 0.319 e. The molecular weight excluding hydrogens is 242 g/mol. The van der Waals surface area contributed by atoms with Gasteiger partial charge in [0.15, 0.2) is 0 Å². The molecule has 0 saturated heterocycles. The highest BCUT2D eigenvalue weighted by Crippen LogP contribution is 2.29. The number of rotatable bonds is 6. The Morgan fingerprint density at radius 3 is 2.00 bits per heavy atom. The van der Waals surface area contributed by atoms with E-state index in [-0.39, 0.29) is 11.9 Å². The van der Waals surface area contributed by atoms with Crippen LogP contribution in [0.4, 0.5) is 0 Å². The molecule has 19 heavy (non-hydrogen) atoms. The third-order valence-corrected chi connectivity index (χ3v) is 3.01. The number of hydrogen-bond donors (Lipinski definition) is 0. The average molecular weight is 271 g/mol. The van der Waals surface area contributed by atoms with E-state index in [1.807, 2.05) is 41.5 Å². The Hall–Kier alpha value is -1.06. The van der Waals surface area contributed by atoms with Gasteiger partial charge in [-0.3, -0.25) is 9.59 Å². The highest BCUT2D eigenvalue weighted by Gasteiger charge is 2.41. The fourth-order valence-electron chi connectivity index (χ4n) is 2.08. The van der Waals surface area contributed by atoms with Crippen molar-refractivity contribution in [2.24, 2.45) is 11.3 Å². The van der Waals surface area contributed by atoms with Gasteiger partial charge in [0.05, 0.1) is 6.61 Å². The van der Waals surface area contributed by atoms with E-state index in [0.29, 0.717) is 13.2 Å². The molecule has 1 amide bonds. The Morgan fingerprint density at radius 2 is 1.68 bits per heavy atom. The van der Waals surface area contributed by atoms with Crippen LogP contribution in [0.5, 0.6) is 0 Å². The molecule has 1 atom stereocenters. The molecule has 0 spiro atoms. The Morgan fingerprint density at radius 1 is 1.16 bits per heavy atom. The zero-order valence-corrected chi connectivity index (χ0v) is 13.4. The summed E-state index contributed by atoms with van der Waals surface area (Å²) in [7, 11) is 0. The maximum atomic E-state index is 12.7. The minimum atomic E-state index is -0.735. The van der Waals surface area contributed by atoms with Gasteiger partial charge in [0.25, 0.3) is 0 Å². The summed E-state index contributed by atoms with van der Waals surface area (Å²) in [6, 6.07) is 0.0896. The second-order valence-corrected chi connectivity index (χ2v) is 6.18. The molecule has 0 fully saturated rings. The lowest BCUT2D eigenvalue weighted by Crippen LogP contribution is -2.48. The van der Waals surface area contributed by atoms with Crippen LogP contribution in [-0.4, -0.2) is 36.0 Å². The molecule has 0 aromatic heterocycles. The zero-order chi connectivity index (χ0) is 15.2.